The third kappa shape index (κ3) is 6.23. The zero-order chi connectivity index (χ0) is 13.5. The average molecular weight is 245 g/mol. The number of urea groups is 1. The SMILES string of the molecule is CCCNC(=O)NC(=O)CN(C)C(C)(C)CO. The molecule has 0 aliphatic heterocycles. The van der Waals surface area contributed by atoms with E-state index in [1.54, 1.807) is 11.9 Å². The first-order valence-corrected chi connectivity index (χ1v) is 5.73. The lowest BCUT2D eigenvalue weighted by molar-refractivity contribution is -0.122. The largest absolute Gasteiger partial charge is 0.394 e. The van der Waals surface area contributed by atoms with E-state index in [4.69, 9.17) is 5.11 Å². The number of nitrogens with zero attached hydrogens (tertiary/aromatic N) is 1. The Morgan fingerprint density at radius 2 is 1.94 bits per heavy atom. The number of rotatable bonds is 6. The summed E-state index contributed by atoms with van der Waals surface area (Å²) in [6, 6.07) is -0.480. The second-order valence-corrected chi connectivity index (χ2v) is 4.63. The van der Waals surface area contributed by atoms with Gasteiger partial charge in [-0.3, -0.25) is 15.0 Å². The van der Waals surface area contributed by atoms with Crippen molar-refractivity contribution >= 4 is 11.9 Å². The van der Waals surface area contributed by atoms with Crippen LogP contribution in [0.4, 0.5) is 4.79 Å². The van der Waals surface area contributed by atoms with Crippen molar-refractivity contribution < 1.29 is 14.7 Å². The molecule has 100 valence electrons. The van der Waals surface area contributed by atoms with Gasteiger partial charge in [0, 0.05) is 12.1 Å². The fourth-order valence-electron chi connectivity index (χ4n) is 0.999. The minimum absolute atomic E-state index is 0.0567. The molecule has 0 aromatic rings. The maximum absolute atomic E-state index is 11.5. The van der Waals surface area contributed by atoms with Crippen LogP contribution in [0, 0.1) is 0 Å². The van der Waals surface area contributed by atoms with E-state index in [9.17, 15) is 9.59 Å². The fraction of sp³-hybridized carbons (Fsp3) is 0.818. The molecule has 0 aliphatic carbocycles. The number of hydrogen-bond acceptors (Lipinski definition) is 4. The van der Waals surface area contributed by atoms with Crippen LogP contribution < -0.4 is 10.6 Å². The van der Waals surface area contributed by atoms with E-state index in [1.165, 1.54) is 0 Å². The molecule has 17 heavy (non-hydrogen) atoms. The third-order valence-corrected chi connectivity index (χ3v) is 2.59. The molecule has 3 N–H and O–H groups in total. The van der Waals surface area contributed by atoms with Gasteiger partial charge in [-0.1, -0.05) is 6.92 Å². The monoisotopic (exact) mass is 245 g/mol. The van der Waals surface area contributed by atoms with Crippen LogP contribution >= 0.6 is 0 Å². The molecular weight excluding hydrogens is 222 g/mol. The van der Waals surface area contributed by atoms with Crippen LogP contribution in [0.5, 0.6) is 0 Å². The number of aliphatic hydroxyl groups excluding tert-OH is 1. The normalized spacial score (nSPS) is 11.4. The van der Waals surface area contributed by atoms with E-state index < -0.39 is 11.6 Å². The molecule has 0 heterocycles. The third-order valence-electron chi connectivity index (χ3n) is 2.59. The molecule has 0 saturated heterocycles. The Morgan fingerprint density at radius 1 is 1.35 bits per heavy atom. The van der Waals surface area contributed by atoms with E-state index in [1.807, 2.05) is 20.8 Å². The molecule has 0 aromatic heterocycles. The summed E-state index contributed by atoms with van der Waals surface area (Å²) in [5.74, 6) is -0.386. The van der Waals surface area contributed by atoms with Gasteiger partial charge in [0.05, 0.1) is 13.2 Å². The van der Waals surface area contributed by atoms with Crippen molar-refractivity contribution in [1.82, 2.24) is 15.5 Å². The summed E-state index contributed by atoms with van der Waals surface area (Å²) in [7, 11) is 1.72. The summed E-state index contributed by atoms with van der Waals surface area (Å²) in [4.78, 5) is 24.4. The summed E-state index contributed by atoms with van der Waals surface area (Å²) in [6.45, 7) is 6.11. The molecule has 0 saturated carbocycles. The number of imide groups is 1. The lowest BCUT2D eigenvalue weighted by atomic mass is 10.1. The second-order valence-electron chi connectivity index (χ2n) is 4.63. The van der Waals surface area contributed by atoms with Gasteiger partial charge in [0.1, 0.15) is 0 Å². The van der Waals surface area contributed by atoms with Crippen molar-refractivity contribution in [1.29, 1.82) is 0 Å². The first kappa shape index (κ1) is 15.9. The van der Waals surface area contributed by atoms with Crippen LogP contribution in [-0.2, 0) is 4.79 Å². The Balaban J connectivity index is 4.06. The number of nitrogens with one attached hydrogen (secondary N) is 2. The summed E-state index contributed by atoms with van der Waals surface area (Å²) in [5.41, 5.74) is -0.489. The number of carbonyl (C=O) groups is 2. The average Bonchev–Trinajstić information content (AvgIpc) is 2.25. The molecule has 0 spiro atoms. The molecule has 0 rings (SSSR count). The van der Waals surface area contributed by atoms with Crippen molar-refractivity contribution in [2.24, 2.45) is 0 Å². The molecule has 0 radical (unpaired) electrons. The molecule has 0 fully saturated rings. The molecule has 6 nitrogen and oxygen atoms in total. The highest BCUT2D eigenvalue weighted by molar-refractivity contribution is 5.95. The Labute approximate surface area is 102 Å². The topological polar surface area (TPSA) is 81.7 Å². The van der Waals surface area contributed by atoms with Gasteiger partial charge in [-0.15, -0.1) is 0 Å². The Hall–Kier alpha value is -1.14. The summed E-state index contributed by atoms with van der Waals surface area (Å²) >= 11 is 0. The molecule has 0 unspecified atom stereocenters. The molecule has 3 amide bonds. The Kier molecular flexibility index (Phi) is 6.75. The van der Waals surface area contributed by atoms with E-state index in [0.29, 0.717) is 6.54 Å². The molecule has 0 atom stereocenters. The van der Waals surface area contributed by atoms with Gasteiger partial charge < -0.3 is 10.4 Å². The number of likely N-dealkylation sites (N-methyl/N-ethyl adjacent to an activating group) is 1. The number of hydrogen-bond donors (Lipinski definition) is 3. The van der Waals surface area contributed by atoms with Crippen LogP contribution in [0.15, 0.2) is 0 Å². The Bertz CT molecular complexity index is 267. The summed E-state index contributed by atoms with van der Waals surface area (Å²) in [5, 5.41) is 13.9. The summed E-state index contributed by atoms with van der Waals surface area (Å²) in [6.07, 6.45) is 0.819. The molecule has 0 aromatic carbocycles. The van der Waals surface area contributed by atoms with E-state index >= 15 is 0 Å². The van der Waals surface area contributed by atoms with Crippen LogP contribution in [0.2, 0.25) is 0 Å². The van der Waals surface area contributed by atoms with Gasteiger partial charge >= 0.3 is 6.03 Å². The van der Waals surface area contributed by atoms with E-state index in [2.05, 4.69) is 10.6 Å². The van der Waals surface area contributed by atoms with Gasteiger partial charge in [0.25, 0.3) is 0 Å². The zero-order valence-corrected chi connectivity index (χ0v) is 11.0. The van der Waals surface area contributed by atoms with Gasteiger partial charge in [-0.05, 0) is 27.3 Å². The highest BCUT2D eigenvalue weighted by Crippen LogP contribution is 2.09. The minimum atomic E-state index is -0.489. The van der Waals surface area contributed by atoms with Crippen molar-refractivity contribution in [3.8, 4) is 0 Å². The van der Waals surface area contributed by atoms with E-state index in [-0.39, 0.29) is 19.1 Å². The van der Waals surface area contributed by atoms with Crippen LogP contribution in [-0.4, -0.2) is 54.2 Å². The van der Waals surface area contributed by atoms with Crippen molar-refractivity contribution in [2.45, 2.75) is 32.7 Å². The number of carbonyl (C=O) groups excluding carboxylic acids is 2. The molecular formula is C11H23N3O3. The Morgan fingerprint density at radius 3 is 2.41 bits per heavy atom. The molecule has 0 bridgehead atoms. The predicted molar refractivity (Wildman–Crippen MR) is 65.6 cm³/mol. The smallest absolute Gasteiger partial charge is 0.321 e. The molecule has 6 heteroatoms. The number of amides is 3. The number of aliphatic hydroxyl groups is 1. The van der Waals surface area contributed by atoms with Gasteiger partial charge in [-0.2, -0.15) is 0 Å². The minimum Gasteiger partial charge on any atom is -0.394 e. The van der Waals surface area contributed by atoms with Gasteiger partial charge in [-0.25, -0.2) is 4.79 Å². The predicted octanol–water partition coefficient (Wildman–Crippen LogP) is -0.0751. The van der Waals surface area contributed by atoms with E-state index in [0.717, 1.165) is 6.42 Å². The van der Waals surface area contributed by atoms with Crippen molar-refractivity contribution in [2.75, 3.05) is 26.7 Å². The maximum atomic E-state index is 11.5. The van der Waals surface area contributed by atoms with Crippen molar-refractivity contribution in [3.63, 3.8) is 0 Å². The maximum Gasteiger partial charge on any atom is 0.321 e. The second kappa shape index (κ2) is 7.24. The quantitative estimate of drug-likeness (QED) is 0.611. The molecule has 0 aliphatic rings. The lowest BCUT2D eigenvalue weighted by Crippen LogP contribution is -2.50. The van der Waals surface area contributed by atoms with Crippen LogP contribution in [0.25, 0.3) is 0 Å². The van der Waals surface area contributed by atoms with Crippen LogP contribution in [0.3, 0.4) is 0 Å². The highest BCUT2D eigenvalue weighted by atomic mass is 16.3. The van der Waals surface area contributed by atoms with Gasteiger partial charge in [0.2, 0.25) is 5.91 Å². The fourth-order valence-corrected chi connectivity index (χ4v) is 0.999. The first-order valence-electron chi connectivity index (χ1n) is 5.73. The highest BCUT2D eigenvalue weighted by Gasteiger charge is 2.24. The van der Waals surface area contributed by atoms with Crippen LogP contribution in [0.1, 0.15) is 27.2 Å². The van der Waals surface area contributed by atoms with Crippen molar-refractivity contribution in [3.05, 3.63) is 0 Å². The lowest BCUT2D eigenvalue weighted by Gasteiger charge is -2.33. The standard InChI is InChI=1S/C11H23N3O3/c1-5-6-12-10(17)13-9(16)7-14(4)11(2,3)8-15/h15H,5-8H2,1-4H3,(H2,12,13,16,17). The zero-order valence-electron chi connectivity index (χ0n) is 11.0. The van der Waals surface area contributed by atoms with Gasteiger partial charge in [0.15, 0.2) is 0 Å². The summed E-state index contributed by atoms with van der Waals surface area (Å²) < 4.78 is 0. The first-order chi connectivity index (χ1) is 7.83.